The molecule has 0 fully saturated rings. The van der Waals surface area contributed by atoms with Crippen molar-refractivity contribution >= 4 is 6.03 Å². The van der Waals surface area contributed by atoms with Crippen LogP contribution in [0.1, 0.15) is 11.3 Å². The number of rotatable bonds is 5. The third-order valence-corrected chi connectivity index (χ3v) is 3.00. The molecule has 0 saturated carbocycles. The summed E-state index contributed by atoms with van der Waals surface area (Å²) in [7, 11) is 3.18. The van der Waals surface area contributed by atoms with Crippen molar-refractivity contribution in [2.45, 2.75) is 13.1 Å². The van der Waals surface area contributed by atoms with Gasteiger partial charge in [0, 0.05) is 19.8 Å². The van der Waals surface area contributed by atoms with Crippen LogP contribution in [-0.2, 0) is 13.1 Å². The molecule has 21 heavy (non-hydrogen) atoms. The van der Waals surface area contributed by atoms with Crippen molar-refractivity contribution in [3.8, 4) is 11.5 Å². The smallest absolute Gasteiger partial charge is 0.317 e. The van der Waals surface area contributed by atoms with Crippen LogP contribution in [-0.4, -0.2) is 40.4 Å². The lowest BCUT2D eigenvalue weighted by atomic mass is 10.2. The number of methoxy groups -OCH3 is 1. The summed E-state index contributed by atoms with van der Waals surface area (Å²) in [6.45, 7) is 0.799. The molecule has 0 aliphatic heterocycles. The van der Waals surface area contributed by atoms with Gasteiger partial charge in [-0.15, -0.1) is 0 Å². The van der Waals surface area contributed by atoms with E-state index in [9.17, 15) is 9.90 Å². The van der Waals surface area contributed by atoms with E-state index in [1.807, 2.05) is 0 Å². The second-order valence-electron chi connectivity index (χ2n) is 4.60. The highest BCUT2D eigenvalue weighted by Crippen LogP contribution is 2.26. The Hall–Kier alpha value is -2.70. The lowest BCUT2D eigenvalue weighted by molar-refractivity contribution is 0.206. The van der Waals surface area contributed by atoms with E-state index in [0.717, 1.165) is 11.3 Å². The number of aromatic hydroxyl groups is 1. The fourth-order valence-corrected chi connectivity index (χ4v) is 1.85. The first kappa shape index (κ1) is 14.7. The van der Waals surface area contributed by atoms with Crippen molar-refractivity contribution < 1.29 is 14.6 Å². The lowest BCUT2D eigenvalue weighted by Gasteiger charge is -2.18. The van der Waals surface area contributed by atoms with Gasteiger partial charge >= 0.3 is 6.03 Å². The van der Waals surface area contributed by atoms with Gasteiger partial charge in [0.15, 0.2) is 11.5 Å². The third kappa shape index (κ3) is 3.88. The molecule has 3 N–H and O–H groups in total. The molecule has 7 heteroatoms. The zero-order valence-electron chi connectivity index (χ0n) is 12.0. The Morgan fingerprint density at radius 3 is 2.95 bits per heavy atom. The van der Waals surface area contributed by atoms with E-state index in [0.29, 0.717) is 18.8 Å². The number of hydrogen-bond acceptors (Lipinski definition) is 4. The first-order valence-corrected chi connectivity index (χ1v) is 6.43. The predicted molar refractivity (Wildman–Crippen MR) is 76.9 cm³/mol. The maximum atomic E-state index is 12.0. The van der Waals surface area contributed by atoms with Crippen molar-refractivity contribution in [1.29, 1.82) is 0 Å². The number of hydrogen-bond donors (Lipinski definition) is 3. The summed E-state index contributed by atoms with van der Waals surface area (Å²) in [4.78, 5) is 13.5. The van der Waals surface area contributed by atoms with Crippen LogP contribution in [0, 0.1) is 0 Å². The number of phenolic OH excluding ortho intramolecular Hbond substituents is 1. The Bertz CT molecular complexity index is 598. The molecule has 0 aliphatic rings. The summed E-state index contributed by atoms with van der Waals surface area (Å²) in [5.74, 6) is 0.464. The minimum Gasteiger partial charge on any atom is -0.504 e. The van der Waals surface area contributed by atoms with Crippen LogP contribution < -0.4 is 10.1 Å². The summed E-state index contributed by atoms with van der Waals surface area (Å²) < 4.78 is 5.04. The Morgan fingerprint density at radius 2 is 2.29 bits per heavy atom. The number of amides is 2. The maximum absolute atomic E-state index is 12.0. The van der Waals surface area contributed by atoms with Crippen LogP contribution in [0.15, 0.2) is 30.5 Å². The molecule has 0 aliphatic carbocycles. The SMILES string of the molecule is COc1cc(CN(C)C(=O)NCc2ccn[nH]2)ccc1O. The highest BCUT2D eigenvalue weighted by atomic mass is 16.5. The average molecular weight is 290 g/mol. The molecule has 1 aromatic carbocycles. The number of aromatic nitrogens is 2. The second-order valence-corrected chi connectivity index (χ2v) is 4.60. The van der Waals surface area contributed by atoms with Crippen molar-refractivity contribution in [1.82, 2.24) is 20.4 Å². The van der Waals surface area contributed by atoms with Crippen LogP contribution in [0.3, 0.4) is 0 Å². The van der Waals surface area contributed by atoms with E-state index in [-0.39, 0.29) is 11.8 Å². The first-order chi connectivity index (χ1) is 10.1. The lowest BCUT2D eigenvalue weighted by Crippen LogP contribution is -2.36. The number of nitrogens with zero attached hydrogens (tertiary/aromatic N) is 2. The van der Waals surface area contributed by atoms with E-state index in [1.54, 1.807) is 42.4 Å². The monoisotopic (exact) mass is 290 g/mol. The summed E-state index contributed by atoms with van der Waals surface area (Å²) >= 11 is 0. The van der Waals surface area contributed by atoms with E-state index in [1.165, 1.54) is 7.11 Å². The molecule has 0 radical (unpaired) electrons. The van der Waals surface area contributed by atoms with E-state index < -0.39 is 0 Å². The zero-order chi connectivity index (χ0) is 15.2. The second kappa shape index (κ2) is 6.65. The number of nitrogens with one attached hydrogen (secondary N) is 2. The fraction of sp³-hybridized carbons (Fsp3) is 0.286. The first-order valence-electron chi connectivity index (χ1n) is 6.43. The number of phenols is 1. The van der Waals surface area contributed by atoms with Gasteiger partial charge in [0.05, 0.1) is 19.3 Å². The number of H-pyrrole nitrogens is 1. The van der Waals surface area contributed by atoms with Gasteiger partial charge in [-0.2, -0.15) is 5.10 Å². The molecule has 0 saturated heterocycles. The van der Waals surface area contributed by atoms with Gasteiger partial charge < -0.3 is 20.1 Å². The summed E-state index contributed by atoms with van der Waals surface area (Å²) in [6.07, 6.45) is 1.63. The highest BCUT2D eigenvalue weighted by Gasteiger charge is 2.10. The van der Waals surface area contributed by atoms with Crippen LogP contribution >= 0.6 is 0 Å². The molecule has 2 amide bonds. The summed E-state index contributed by atoms with van der Waals surface area (Å²) in [5, 5.41) is 18.9. The third-order valence-electron chi connectivity index (χ3n) is 3.00. The van der Waals surface area contributed by atoms with Gasteiger partial charge in [-0.05, 0) is 23.8 Å². The molecular formula is C14H18N4O3. The Balaban J connectivity index is 1.91. The molecule has 0 bridgehead atoms. The number of urea groups is 1. The average Bonchev–Trinajstić information content (AvgIpc) is 3.00. The largest absolute Gasteiger partial charge is 0.504 e. The molecule has 7 nitrogen and oxygen atoms in total. The standard InChI is InChI=1S/C14H18N4O3/c1-18(14(20)15-8-11-5-6-16-17-11)9-10-3-4-12(19)13(7-10)21-2/h3-7,19H,8-9H2,1-2H3,(H,15,20)(H,16,17). The van der Waals surface area contributed by atoms with Gasteiger partial charge in [0.25, 0.3) is 0 Å². The molecule has 112 valence electrons. The van der Waals surface area contributed by atoms with Crippen molar-refractivity contribution in [3.63, 3.8) is 0 Å². The summed E-state index contributed by atoms with van der Waals surface area (Å²) in [5.41, 5.74) is 1.70. The van der Waals surface area contributed by atoms with Crippen LogP contribution in [0.25, 0.3) is 0 Å². The van der Waals surface area contributed by atoms with E-state index in [4.69, 9.17) is 4.74 Å². The van der Waals surface area contributed by atoms with Gasteiger partial charge in [-0.1, -0.05) is 6.07 Å². The van der Waals surface area contributed by atoms with Crippen LogP contribution in [0.4, 0.5) is 4.79 Å². The number of ether oxygens (including phenoxy) is 1. The highest BCUT2D eigenvalue weighted by molar-refractivity contribution is 5.73. The zero-order valence-corrected chi connectivity index (χ0v) is 12.0. The molecule has 0 spiro atoms. The molecule has 2 rings (SSSR count). The van der Waals surface area contributed by atoms with Gasteiger partial charge in [0.2, 0.25) is 0 Å². The number of benzene rings is 1. The quantitative estimate of drug-likeness (QED) is 0.777. The molecule has 0 atom stereocenters. The predicted octanol–water partition coefficient (Wildman–Crippen LogP) is 1.47. The molecule has 1 heterocycles. The molecule has 0 unspecified atom stereocenters. The van der Waals surface area contributed by atoms with E-state index in [2.05, 4.69) is 15.5 Å². The Kier molecular flexibility index (Phi) is 4.65. The molecular weight excluding hydrogens is 272 g/mol. The molecule has 2 aromatic rings. The minimum absolute atomic E-state index is 0.0765. The minimum atomic E-state index is -0.198. The van der Waals surface area contributed by atoms with Crippen molar-refractivity contribution in [3.05, 3.63) is 41.7 Å². The fourth-order valence-electron chi connectivity index (χ4n) is 1.85. The van der Waals surface area contributed by atoms with Crippen LogP contribution in [0.5, 0.6) is 11.5 Å². The topological polar surface area (TPSA) is 90.5 Å². The Morgan fingerprint density at radius 1 is 1.48 bits per heavy atom. The number of carbonyl (C=O) groups is 1. The number of aromatic amines is 1. The van der Waals surface area contributed by atoms with Gasteiger partial charge in [0.1, 0.15) is 0 Å². The van der Waals surface area contributed by atoms with E-state index >= 15 is 0 Å². The van der Waals surface area contributed by atoms with Crippen molar-refractivity contribution in [2.24, 2.45) is 0 Å². The van der Waals surface area contributed by atoms with Crippen LogP contribution in [0.2, 0.25) is 0 Å². The Labute approximate surface area is 122 Å². The normalized spacial score (nSPS) is 10.2. The van der Waals surface area contributed by atoms with Gasteiger partial charge in [-0.25, -0.2) is 4.79 Å². The molecule has 1 aromatic heterocycles. The van der Waals surface area contributed by atoms with Crippen molar-refractivity contribution in [2.75, 3.05) is 14.2 Å². The summed E-state index contributed by atoms with van der Waals surface area (Å²) in [6, 6.07) is 6.59. The maximum Gasteiger partial charge on any atom is 0.317 e. The van der Waals surface area contributed by atoms with Gasteiger partial charge in [-0.3, -0.25) is 5.10 Å². The number of carbonyl (C=O) groups excluding carboxylic acids is 1.